The quantitative estimate of drug-likeness (QED) is 0.819. The molecular weight excluding hydrogens is 252 g/mol. The largest absolute Gasteiger partial charge is 0.484 e. The van der Waals surface area contributed by atoms with Crippen LogP contribution in [-0.4, -0.2) is 12.5 Å². The van der Waals surface area contributed by atoms with Gasteiger partial charge in [0.05, 0.1) is 0 Å². The summed E-state index contributed by atoms with van der Waals surface area (Å²) >= 11 is 0. The molecule has 0 aromatic heterocycles. The number of amides is 1. The summed E-state index contributed by atoms with van der Waals surface area (Å²) in [6, 6.07) is 15.0. The minimum absolute atomic E-state index is 0.00419. The molecule has 104 valence electrons. The number of nitrogens with one attached hydrogen (secondary N) is 1. The Balaban J connectivity index is 1.75. The van der Waals surface area contributed by atoms with Crippen LogP contribution < -0.4 is 15.8 Å². The molecule has 20 heavy (non-hydrogen) atoms. The average molecular weight is 270 g/mol. The average Bonchev–Trinajstić information content (AvgIpc) is 2.46. The number of benzene rings is 2. The Morgan fingerprint density at radius 3 is 2.40 bits per heavy atom. The van der Waals surface area contributed by atoms with Crippen LogP contribution >= 0.6 is 0 Å². The number of nitrogens with two attached hydrogens (primary N) is 1. The van der Waals surface area contributed by atoms with Crippen molar-refractivity contribution in [3.63, 3.8) is 0 Å². The van der Waals surface area contributed by atoms with E-state index in [1.54, 1.807) is 24.3 Å². The van der Waals surface area contributed by atoms with Crippen molar-refractivity contribution in [3.8, 4) is 5.75 Å². The maximum absolute atomic E-state index is 11.7. The van der Waals surface area contributed by atoms with Crippen molar-refractivity contribution in [1.82, 2.24) is 5.32 Å². The molecule has 0 bridgehead atoms. The summed E-state index contributed by atoms with van der Waals surface area (Å²) in [5.74, 6) is 0.479. The smallest absolute Gasteiger partial charge is 0.258 e. The molecule has 0 fully saturated rings. The van der Waals surface area contributed by atoms with Gasteiger partial charge >= 0.3 is 0 Å². The third-order valence-electron chi connectivity index (χ3n) is 2.86. The predicted molar refractivity (Wildman–Crippen MR) is 79.4 cm³/mol. The van der Waals surface area contributed by atoms with Crippen LogP contribution in [-0.2, 0) is 11.3 Å². The molecule has 3 N–H and O–H groups in total. The van der Waals surface area contributed by atoms with Crippen LogP contribution in [0.5, 0.6) is 5.75 Å². The molecule has 0 aliphatic rings. The van der Waals surface area contributed by atoms with E-state index in [1.165, 1.54) is 5.56 Å². The first-order valence-electron chi connectivity index (χ1n) is 6.44. The number of aryl methyl sites for hydroxylation is 1. The van der Waals surface area contributed by atoms with Crippen LogP contribution in [0.2, 0.25) is 0 Å². The summed E-state index contributed by atoms with van der Waals surface area (Å²) < 4.78 is 5.36. The van der Waals surface area contributed by atoms with E-state index < -0.39 is 0 Å². The van der Waals surface area contributed by atoms with Gasteiger partial charge in [-0.05, 0) is 36.8 Å². The number of carbonyl (C=O) groups is 1. The second-order valence-electron chi connectivity index (χ2n) is 4.62. The fourth-order valence-corrected chi connectivity index (χ4v) is 1.67. The lowest BCUT2D eigenvalue weighted by atomic mass is 10.1. The lowest BCUT2D eigenvalue weighted by molar-refractivity contribution is -0.123. The summed E-state index contributed by atoms with van der Waals surface area (Å²) in [6.07, 6.45) is 0. The topological polar surface area (TPSA) is 64.3 Å². The second kappa shape index (κ2) is 6.61. The van der Waals surface area contributed by atoms with E-state index in [4.69, 9.17) is 10.5 Å². The Bertz CT molecular complexity index is 511. The van der Waals surface area contributed by atoms with E-state index >= 15 is 0 Å². The van der Waals surface area contributed by atoms with Crippen LogP contribution in [0, 0.1) is 6.92 Å². The number of carbonyl (C=O) groups excluding carboxylic acids is 1. The van der Waals surface area contributed by atoms with Crippen molar-refractivity contribution in [3.05, 3.63) is 59.7 Å². The molecule has 0 unspecified atom stereocenters. The minimum Gasteiger partial charge on any atom is -0.484 e. The number of ether oxygens (including phenoxy) is 1. The predicted octanol–water partition coefficient (Wildman–Crippen LogP) is 2.27. The number of nitrogen functional groups attached to an aromatic ring is 1. The Hall–Kier alpha value is -2.49. The molecule has 0 saturated carbocycles. The second-order valence-corrected chi connectivity index (χ2v) is 4.62. The molecule has 0 aliphatic heterocycles. The van der Waals surface area contributed by atoms with Gasteiger partial charge in [-0.3, -0.25) is 4.79 Å². The van der Waals surface area contributed by atoms with Gasteiger partial charge in [-0.25, -0.2) is 0 Å². The summed E-state index contributed by atoms with van der Waals surface area (Å²) in [4.78, 5) is 11.7. The zero-order valence-corrected chi connectivity index (χ0v) is 11.4. The van der Waals surface area contributed by atoms with E-state index in [2.05, 4.69) is 5.32 Å². The molecule has 0 atom stereocenters. The van der Waals surface area contributed by atoms with E-state index in [0.29, 0.717) is 18.0 Å². The standard InChI is InChI=1S/C16H18N2O2/c1-12-2-4-13(5-3-12)10-18-16(19)11-20-15-8-6-14(17)7-9-15/h2-9H,10-11,17H2,1H3,(H,18,19). The number of hydrogen-bond acceptors (Lipinski definition) is 3. The zero-order chi connectivity index (χ0) is 14.4. The van der Waals surface area contributed by atoms with Crippen molar-refractivity contribution >= 4 is 11.6 Å². The van der Waals surface area contributed by atoms with Crippen molar-refractivity contribution in [2.24, 2.45) is 0 Å². The van der Waals surface area contributed by atoms with Crippen LogP contribution in [0.4, 0.5) is 5.69 Å². The summed E-state index contributed by atoms with van der Waals surface area (Å²) in [7, 11) is 0. The normalized spacial score (nSPS) is 10.1. The van der Waals surface area contributed by atoms with E-state index in [0.717, 1.165) is 5.56 Å². The number of hydrogen-bond donors (Lipinski definition) is 2. The van der Waals surface area contributed by atoms with Crippen molar-refractivity contribution in [1.29, 1.82) is 0 Å². The lowest BCUT2D eigenvalue weighted by Gasteiger charge is -2.08. The van der Waals surface area contributed by atoms with Crippen LogP contribution in [0.15, 0.2) is 48.5 Å². The first kappa shape index (κ1) is 13.9. The highest BCUT2D eigenvalue weighted by molar-refractivity contribution is 5.77. The van der Waals surface area contributed by atoms with E-state index in [1.807, 2.05) is 31.2 Å². The summed E-state index contributed by atoms with van der Waals surface area (Å²) in [5.41, 5.74) is 8.51. The van der Waals surface area contributed by atoms with E-state index in [9.17, 15) is 4.79 Å². The molecule has 0 spiro atoms. The van der Waals surface area contributed by atoms with Gasteiger partial charge in [0.15, 0.2) is 6.61 Å². The molecule has 2 rings (SSSR count). The molecule has 4 nitrogen and oxygen atoms in total. The SMILES string of the molecule is Cc1ccc(CNC(=O)COc2ccc(N)cc2)cc1. The van der Waals surface area contributed by atoms with Gasteiger partial charge < -0.3 is 15.8 Å². The van der Waals surface area contributed by atoms with Crippen molar-refractivity contribution in [2.45, 2.75) is 13.5 Å². The van der Waals surface area contributed by atoms with Gasteiger partial charge in [-0.15, -0.1) is 0 Å². The molecular formula is C16H18N2O2. The highest BCUT2D eigenvalue weighted by atomic mass is 16.5. The van der Waals surface area contributed by atoms with Gasteiger partial charge in [0.2, 0.25) is 0 Å². The van der Waals surface area contributed by atoms with Gasteiger partial charge in [0.25, 0.3) is 5.91 Å². The van der Waals surface area contributed by atoms with Crippen LogP contribution in [0.25, 0.3) is 0 Å². The molecule has 1 amide bonds. The van der Waals surface area contributed by atoms with Crippen molar-refractivity contribution in [2.75, 3.05) is 12.3 Å². The molecule has 2 aromatic rings. The van der Waals surface area contributed by atoms with Crippen LogP contribution in [0.3, 0.4) is 0 Å². The van der Waals surface area contributed by atoms with Crippen molar-refractivity contribution < 1.29 is 9.53 Å². The fourth-order valence-electron chi connectivity index (χ4n) is 1.67. The van der Waals surface area contributed by atoms with Crippen LogP contribution in [0.1, 0.15) is 11.1 Å². The Morgan fingerprint density at radius 1 is 1.10 bits per heavy atom. The summed E-state index contributed by atoms with van der Waals surface area (Å²) in [6.45, 7) is 2.53. The molecule has 4 heteroatoms. The number of rotatable bonds is 5. The highest BCUT2D eigenvalue weighted by Crippen LogP contribution is 2.12. The third-order valence-corrected chi connectivity index (χ3v) is 2.86. The molecule has 0 radical (unpaired) electrons. The van der Waals surface area contributed by atoms with E-state index in [-0.39, 0.29) is 12.5 Å². The molecule has 0 aliphatic carbocycles. The first-order chi connectivity index (χ1) is 9.63. The minimum atomic E-state index is -0.151. The van der Waals surface area contributed by atoms with Gasteiger partial charge in [-0.2, -0.15) is 0 Å². The maximum atomic E-state index is 11.7. The summed E-state index contributed by atoms with van der Waals surface area (Å²) in [5, 5.41) is 2.81. The van der Waals surface area contributed by atoms with Gasteiger partial charge in [0, 0.05) is 12.2 Å². The maximum Gasteiger partial charge on any atom is 0.258 e. The third kappa shape index (κ3) is 4.31. The van der Waals surface area contributed by atoms with Gasteiger partial charge in [-0.1, -0.05) is 29.8 Å². The number of anilines is 1. The fraction of sp³-hybridized carbons (Fsp3) is 0.188. The molecule has 0 heterocycles. The Morgan fingerprint density at radius 2 is 1.75 bits per heavy atom. The molecule has 2 aromatic carbocycles. The lowest BCUT2D eigenvalue weighted by Crippen LogP contribution is -2.28. The highest BCUT2D eigenvalue weighted by Gasteiger charge is 2.02. The zero-order valence-electron chi connectivity index (χ0n) is 11.4. The molecule has 0 saturated heterocycles. The Labute approximate surface area is 118 Å². The monoisotopic (exact) mass is 270 g/mol. The Kier molecular flexibility index (Phi) is 4.60. The first-order valence-corrected chi connectivity index (χ1v) is 6.44. The van der Waals surface area contributed by atoms with Gasteiger partial charge in [0.1, 0.15) is 5.75 Å².